The van der Waals surface area contributed by atoms with E-state index in [0.29, 0.717) is 25.1 Å². The van der Waals surface area contributed by atoms with E-state index >= 15 is 0 Å². The highest BCUT2D eigenvalue weighted by Gasteiger charge is 2.23. The van der Waals surface area contributed by atoms with Crippen molar-refractivity contribution in [3.05, 3.63) is 72.3 Å². The molecule has 0 aliphatic carbocycles. The summed E-state index contributed by atoms with van der Waals surface area (Å²) in [6.07, 6.45) is 5.56. The van der Waals surface area contributed by atoms with Crippen LogP contribution in [0.5, 0.6) is 0 Å². The monoisotopic (exact) mass is 378 g/mol. The highest BCUT2D eigenvalue weighted by molar-refractivity contribution is 5.97. The second kappa shape index (κ2) is 7.84. The Labute approximate surface area is 164 Å². The zero-order valence-electron chi connectivity index (χ0n) is 15.9. The molecular formula is C22H23FN4O. The summed E-state index contributed by atoms with van der Waals surface area (Å²) >= 11 is 0. The van der Waals surface area contributed by atoms with Crippen LogP contribution in [0.15, 0.2) is 60.9 Å². The fourth-order valence-corrected chi connectivity index (χ4v) is 3.60. The van der Waals surface area contributed by atoms with E-state index < -0.39 is 0 Å². The summed E-state index contributed by atoms with van der Waals surface area (Å²) < 4.78 is 15.6. The predicted molar refractivity (Wildman–Crippen MR) is 109 cm³/mol. The molecule has 28 heavy (non-hydrogen) atoms. The summed E-state index contributed by atoms with van der Waals surface area (Å²) in [5.41, 5.74) is 3.54. The van der Waals surface area contributed by atoms with Gasteiger partial charge < -0.3 is 9.80 Å². The fourth-order valence-electron chi connectivity index (χ4n) is 3.60. The van der Waals surface area contributed by atoms with E-state index in [4.69, 9.17) is 0 Å². The lowest BCUT2D eigenvalue weighted by Crippen LogP contribution is -2.31. The van der Waals surface area contributed by atoms with Crippen LogP contribution < -0.4 is 9.80 Å². The predicted octanol–water partition coefficient (Wildman–Crippen LogP) is 3.82. The van der Waals surface area contributed by atoms with E-state index in [9.17, 15) is 9.18 Å². The average Bonchev–Trinajstić information content (AvgIpc) is 3.12. The Morgan fingerprint density at radius 1 is 1.11 bits per heavy atom. The van der Waals surface area contributed by atoms with Crippen molar-refractivity contribution < 1.29 is 9.18 Å². The normalized spacial score (nSPS) is 13.9. The molecule has 2 aromatic carbocycles. The van der Waals surface area contributed by atoms with Gasteiger partial charge in [-0.15, -0.1) is 0 Å². The fraction of sp³-hybridized carbons (Fsp3) is 0.273. The number of hydrogen-bond acceptors (Lipinski definition) is 3. The van der Waals surface area contributed by atoms with Gasteiger partial charge in [-0.1, -0.05) is 18.2 Å². The van der Waals surface area contributed by atoms with Gasteiger partial charge in [-0.2, -0.15) is 5.10 Å². The van der Waals surface area contributed by atoms with Gasteiger partial charge in [0.2, 0.25) is 5.91 Å². The van der Waals surface area contributed by atoms with Crippen molar-refractivity contribution in [1.82, 2.24) is 9.78 Å². The minimum Gasteiger partial charge on any atom is -0.373 e. The summed E-state index contributed by atoms with van der Waals surface area (Å²) in [6, 6.07) is 14.5. The third-order valence-electron chi connectivity index (χ3n) is 5.10. The summed E-state index contributed by atoms with van der Waals surface area (Å²) in [4.78, 5) is 16.7. The molecule has 1 amide bonds. The van der Waals surface area contributed by atoms with Crippen LogP contribution in [0, 0.1) is 5.82 Å². The summed E-state index contributed by atoms with van der Waals surface area (Å²) in [5.74, 6) is -0.314. The van der Waals surface area contributed by atoms with E-state index in [2.05, 4.69) is 10.00 Å². The number of amides is 1. The number of fused-ring (bicyclic) bond motifs is 1. The van der Waals surface area contributed by atoms with Crippen molar-refractivity contribution in [3.8, 4) is 5.69 Å². The second-order valence-electron chi connectivity index (χ2n) is 7.08. The maximum atomic E-state index is 13.8. The van der Waals surface area contributed by atoms with Crippen LogP contribution in [-0.2, 0) is 11.2 Å². The molecule has 0 saturated carbocycles. The van der Waals surface area contributed by atoms with Crippen LogP contribution in [0.2, 0.25) is 0 Å². The van der Waals surface area contributed by atoms with Gasteiger partial charge in [-0.25, -0.2) is 9.07 Å². The van der Waals surface area contributed by atoms with Gasteiger partial charge in [-0.05, 0) is 48.7 Å². The molecular weight excluding hydrogens is 355 g/mol. The summed E-state index contributed by atoms with van der Waals surface area (Å²) in [5, 5.41) is 4.38. The topological polar surface area (TPSA) is 41.4 Å². The third kappa shape index (κ3) is 3.76. The average molecular weight is 378 g/mol. The van der Waals surface area contributed by atoms with Crippen LogP contribution >= 0.6 is 0 Å². The Bertz CT molecular complexity index is 970. The second-order valence-corrected chi connectivity index (χ2v) is 7.08. The van der Waals surface area contributed by atoms with Gasteiger partial charge in [0.05, 0.1) is 23.3 Å². The van der Waals surface area contributed by atoms with Crippen molar-refractivity contribution in [1.29, 1.82) is 0 Å². The molecule has 1 aliphatic heterocycles. The lowest BCUT2D eigenvalue weighted by molar-refractivity contribution is -0.118. The lowest BCUT2D eigenvalue weighted by Gasteiger charge is -2.24. The van der Waals surface area contributed by atoms with Crippen LogP contribution in [0.4, 0.5) is 15.8 Å². The van der Waals surface area contributed by atoms with Crippen molar-refractivity contribution in [3.63, 3.8) is 0 Å². The molecule has 5 nitrogen and oxygen atoms in total. The number of rotatable bonds is 4. The first-order valence-electron chi connectivity index (χ1n) is 9.52. The van der Waals surface area contributed by atoms with Gasteiger partial charge >= 0.3 is 0 Å². The van der Waals surface area contributed by atoms with Gasteiger partial charge in [0.25, 0.3) is 0 Å². The third-order valence-corrected chi connectivity index (χ3v) is 5.10. The number of hydrogen-bond donors (Lipinski definition) is 0. The van der Waals surface area contributed by atoms with Crippen molar-refractivity contribution >= 4 is 17.3 Å². The Kier molecular flexibility index (Phi) is 5.10. The maximum Gasteiger partial charge on any atom is 0.227 e. The number of carbonyl (C=O) groups excluding carboxylic acids is 1. The van der Waals surface area contributed by atoms with Crippen LogP contribution in [0.25, 0.3) is 5.69 Å². The molecule has 0 fully saturated rings. The van der Waals surface area contributed by atoms with Gasteiger partial charge in [0.15, 0.2) is 0 Å². The lowest BCUT2D eigenvalue weighted by atomic mass is 10.1. The zero-order chi connectivity index (χ0) is 19.5. The van der Waals surface area contributed by atoms with Gasteiger partial charge in [-0.3, -0.25) is 4.79 Å². The zero-order valence-corrected chi connectivity index (χ0v) is 15.9. The first kappa shape index (κ1) is 18.2. The van der Waals surface area contributed by atoms with Crippen LogP contribution in [-0.4, -0.2) is 35.8 Å². The van der Waals surface area contributed by atoms with E-state index in [1.165, 1.54) is 12.1 Å². The molecule has 0 saturated heterocycles. The first-order chi connectivity index (χ1) is 13.6. The first-order valence-corrected chi connectivity index (χ1v) is 9.52. The van der Waals surface area contributed by atoms with Gasteiger partial charge in [0, 0.05) is 32.8 Å². The molecule has 2 heterocycles. The summed E-state index contributed by atoms with van der Waals surface area (Å²) in [6.45, 7) is 1.44. The Balaban J connectivity index is 1.48. The molecule has 0 unspecified atom stereocenters. The number of aryl methyl sites for hydroxylation is 1. The van der Waals surface area contributed by atoms with E-state index in [1.54, 1.807) is 17.2 Å². The van der Waals surface area contributed by atoms with Crippen LogP contribution in [0.1, 0.15) is 18.4 Å². The number of nitrogens with zero attached hydrogens (tertiary/aromatic N) is 4. The number of benzene rings is 2. The molecule has 6 heteroatoms. The highest BCUT2D eigenvalue weighted by atomic mass is 19.1. The minimum absolute atomic E-state index is 0.00890. The quantitative estimate of drug-likeness (QED) is 0.693. The number of aromatic nitrogens is 2. The van der Waals surface area contributed by atoms with Gasteiger partial charge in [0.1, 0.15) is 5.82 Å². The number of anilines is 2. The van der Waals surface area contributed by atoms with E-state index in [-0.39, 0.29) is 11.7 Å². The molecule has 0 atom stereocenters. The number of para-hydroxylation sites is 1. The van der Waals surface area contributed by atoms with Crippen LogP contribution in [0.3, 0.4) is 0 Å². The Morgan fingerprint density at radius 2 is 1.93 bits per heavy atom. The standard InChI is InChI=1S/C22H23FN4O/c1-25-12-5-13-26(21-14-18(23)9-10-20(21)25)22(28)11-8-17-15-24-27(16-17)19-6-3-2-4-7-19/h2-4,6-7,9-10,14-16H,5,8,11-13H2,1H3. The van der Waals surface area contributed by atoms with Crippen molar-refractivity contribution in [2.75, 3.05) is 29.9 Å². The molecule has 1 aromatic heterocycles. The minimum atomic E-state index is -0.323. The molecule has 0 bridgehead atoms. The smallest absolute Gasteiger partial charge is 0.227 e. The van der Waals surface area contributed by atoms with E-state index in [1.807, 2.05) is 48.3 Å². The largest absolute Gasteiger partial charge is 0.373 e. The highest BCUT2D eigenvalue weighted by Crippen LogP contribution is 2.32. The molecule has 0 radical (unpaired) electrons. The summed E-state index contributed by atoms with van der Waals surface area (Å²) in [7, 11) is 1.97. The Hall–Kier alpha value is -3.15. The van der Waals surface area contributed by atoms with E-state index in [0.717, 1.165) is 29.9 Å². The maximum absolute atomic E-state index is 13.8. The molecule has 0 spiro atoms. The number of carbonyl (C=O) groups is 1. The molecule has 4 rings (SSSR count). The van der Waals surface area contributed by atoms with Crippen molar-refractivity contribution in [2.45, 2.75) is 19.3 Å². The molecule has 0 N–H and O–H groups in total. The molecule has 144 valence electrons. The molecule has 3 aromatic rings. The number of halogens is 1. The SMILES string of the molecule is CN1CCCN(C(=O)CCc2cnn(-c3ccccc3)c2)c2cc(F)ccc21. The Morgan fingerprint density at radius 3 is 2.75 bits per heavy atom. The van der Waals surface area contributed by atoms with Crippen molar-refractivity contribution in [2.24, 2.45) is 0 Å². The molecule has 1 aliphatic rings.